The molecule has 0 spiro atoms. The lowest BCUT2D eigenvalue weighted by molar-refractivity contribution is -0.153. The lowest BCUT2D eigenvalue weighted by Gasteiger charge is -2.10. The number of benzene rings is 1. The van der Waals surface area contributed by atoms with Crippen molar-refractivity contribution in [2.24, 2.45) is 0 Å². The zero-order valence-corrected chi connectivity index (χ0v) is 13.3. The van der Waals surface area contributed by atoms with E-state index < -0.39 is 11.8 Å². The zero-order chi connectivity index (χ0) is 16.2. The van der Waals surface area contributed by atoms with Crippen molar-refractivity contribution in [2.45, 2.75) is 58.0 Å². The molecule has 0 aliphatic heterocycles. The van der Waals surface area contributed by atoms with Gasteiger partial charge in [-0.1, -0.05) is 43.2 Å². The molecule has 0 unspecified atom stereocenters. The van der Waals surface area contributed by atoms with Gasteiger partial charge in [0.2, 0.25) is 5.78 Å². The number of Topliss-reactive ketones (excluding diaryl/α,β-unsaturated/α-hetero) is 1. The minimum atomic E-state index is -0.731. The van der Waals surface area contributed by atoms with Gasteiger partial charge in [-0.25, -0.2) is 4.79 Å². The Morgan fingerprint density at radius 2 is 1.82 bits per heavy atom. The van der Waals surface area contributed by atoms with Crippen LogP contribution >= 0.6 is 0 Å². The Balaban J connectivity index is 2.04. The monoisotopic (exact) mass is 306 g/mol. The molecule has 1 rings (SSSR count). The fraction of sp³-hybridized carbons (Fsp3) is 0.556. The molecule has 0 bridgehead atoms. The molecule has 0 amide bonds. The standard InChI is InChI=1S/C18H26O4/c1-2-22-18(21)17(20)12-8-4-7-11-16(19)14-13-15-9-5-3-6-10-15/h3,5-6,9-10,16,19H,2,4,7-8,11-14H2,1H3/t16-/m0/s1. The SMILES string of the molecule is CCOC(=O)C(=O)CCCCC[C@H](O)CCc1ccccc1. The predicted molar refractivity (Wildman–Crippen MR) is 85.5 cm³/mol. The summed E-state index contributed by atoms with van der Waals surface area (Å²) in [6.45, 7) is 1.92. The molecule has 0 heterocycles. The molecule has 0 aliphatic carbocycles. The Hall–Kier alpha value is -1.68. The molecule has 4 nitrogen and oxygen atoms in total. The normalized spacial score (nSPS) is 11.9. The van der Waals surface area contributed by atoms with Gasteiger partial charge in [-0.3, -0.25) is 4.79 Å². The van der Waals surface area contributed by atoms with E-state index in [1.165, 1.54) is 5.56 Å². The van der Waals surface area contributed by atoms with Gasteiger partial charge in [-0.2, -0.15) is 0 Å². The molecule has 1 aromatic carbocycles. The first kappa shape index (κ1) is 18.4. The Kier molecular flexibility index (Phi) is 9.15. The summed E-state index contributed by atoms with van der Waals surface area (Å²) < 4.78 is 4.64. The van der Waals surface area contributed by atoms with Crippen molar-refractivity contribution in [3.05, 3.63) is 35.9 Å². The van der Waals surface area contributed by atoms with E-state index in [1.54, 1.807) is 6.92 Å². The minimum absolute atomic E-state index is 0.234. The third-order valence-electron chi connectivity index (χ3n) is 3.55. The first-order valence-corrected chi connectivity index (χ1v) is 8.05. The number of aryl methyl sites for hydroxylation is 1. The van der Waals surface area contributed by atoms with Gasteiger partial charge in [-0.05, 0) is 38.2 Å². The Bertz CT molecular complexity index is 442. The summed E-state index contributed by atoms with van der Waals surface area (Å²) in [5.41, 5.74) is 1.24. The topological polar surface area (TPSA) is 63.6 Å². The number of ketones is 1. The third kappa shape index (κ3) is 7.93. The van der Waals surface area contributed by atoms with Gasteiger partial charge in [0, 0.05) is 6.42 Å². The highest BCUT2D eigenvalue weighted by molar-refractivity contribution is 6.33. The van der Waals surface area contributed by atoms with E-state index in [0.717, 1.165) is 32.1 Å². The molecule has 4 heteroatoms. The van der Waals surface area contributed by atoms with Gasteiger partial charge in [0.1, 0.15) is 0 Å². The molecular weight excluding hydrogens is 280 g/mol. The average molecular weight is 306 g/mol. The van der Waals surface area contributed by atoms with Gasteiger partial charge in [0.15, 0.2) is 0 Å². The van der Waals surface area contributed by atoms with Crippen LogP contribution in [0.1, 0.15) is 51.0 Å². The summed E-state index contributed by atoms with van der Waals surface area (Å²) in [4.78, 5) is 22.5. The van der Waals surface area contributed by atoms with E-state index in [9.17, 15) is 14.7 Å². The first-order chi connectivity index (χ1) is 10.6. The molecule has 1 N–H and O–H groups in total. The van der Waals surface area contributed by atoms with Crippen LogP contribution in [0.3, 0.4) is 0 Å². The maximum Gasteiger partial charge on any atom is 0.374 e. The molecule has 0 saturated heterocycles. The lowest BCUT2D eigenvalue weighted by atomic mass is 10.0. The second-order valence-electron chi connectivity index (χ2n) is 5.42. The number of rotatable bonds is 11. The predicted octanol–water partition coefficient (Wildman–Crippen LogP) is 3.06. The molecule has 0 saturated carbocycles. The first-order valence-electron chi connectivity index (χ1n) is 8.05. The molecule has 22 heavy (non-hydrogen) atoms. The molecule has 0 aromatic heterocycles. The lowest BCUT2D eigenvalue weighted by Crippen LogP contribution is -2.16. The van der Waals surface area contributed by atoms with Crippen LogP contribution in [0.25, 0.3) is 0 Å². The summed E-state index contributed by atoms with van der Waals surface area (Å²) in [6, 6.07) is 10.1. The van der Waals surface area contributed by atoms with E-state index in [1.807, 2.05) is 18.2 Å². The Morgan fingerprint density at radius 1 is 1.09 bits per heavy atom. The highest BCUT2D eigenvalue weighted by Gasteiger charge is 2.13. The number of unbranched alkanes of at least 4 members (excludes halogenated alkanes) is 2. The van der Waals surface area contributed by atoms with Gasteiger partial charge >= 0.3 is 5.97 Å². The number of ether oxygens (including phenoxy) is 1. The van der Waals surface area contributed by atoms with Crippen molar-refractivity contribution < 1.29 is 19.4 Å². The van der Waals surface area contributed by atoms with Crippen LogP contribution in [0.2, 0.25) is 0 Å². The quantitative estimate of drug-likeness (QED) is 0.388. The number of aliphatic hydroxyl groups excluding tert-OH is 1. The maximum absolute atomic E-state index is 11.4. The minimum Gasteiger partial charge on any atom is -0.460 e. The number of hydrogen-bond donors (Lipinski definition) is 1. The molecule has 0 aliphatic rings. The van der Waals surface area contributed by atoms with Crippen molar-refractivity contribution >= 4 is 11.8 Å². The second kappa shape index (κ2) is 11.0. The van der Waals surface area contributed by atoms with Gasteiger partial charge in [-0.15, -0.1) is 0 Å². The van der Waals surface area contributed by atoms with Crippen LogP contribution in [0, 0.1) is 0 Å². The fourth-order valence-corrected chi connectivity index (χ4v) is 2.28. The van der Waals surface area contributed by atoms with Gasteiger partial charge < -0.3 is 9.84 Å². The number of hydrogen-bond acceptors (Lipinski definition) is 4. The van der Waals surface area contributed by atoms with Crippen molar-refractivity contribution in [3.63, 3.8) is 0 Å². The summed E-state index contributed by atoms with van der Waals surface area (Å²) in [6.07, 6.45) is 4.68. The van der Waals surface area contributed by atoms with Crippen molar-refractivity contribution in [1.29, 1.82) is 0 Å². The van der Waals surface area contributed by atoms with E-state index >= 15 is 0 Å². The van der Waals surface area contributed by atoms with E-state index in [-0.39, 0.29) is 19.1 Å². The van der Waals surface area contributed by atoms with Crippen LogP contribution in [-0.4, -0.2) is 29.6 Å². The van der Waals surface area contributed by atoms with E-state index in [4.69, 9.17) is 0 Å². The highest BCUT2D eigenvalue weighted by atomic mass is 16.5. The number of aliphatic hydroxyl groups is 1. The van der Waals surface area contributed by atoms with Crippen LogP contribution in [0.4, 0.5) is 0 Å². The van der Waals surface area contributed by atoms with Crippen LogP contribution in [0.5, 0.6) is 0 Å². The number of esters is 1. The van der Waals surface area contributed by atoms with Gasteiger partial charge in [0.25, 0.3) is 0 Å². The van der Waals surface area contributed by atoms with E-state index in [0.29, 0.717) is 6.42 Å². The van der Waals surface area contributed by atoms with Crippen molar-refractivity contribution in [3.8, 4) is 0 Å². The van der Waals surface area contributed by atoms with Crippen LogP contribution in [-0.2, 0) is 20.7 Å². The van der Waals surface area contributed by atoms with E-state index in [2.05, 4.69) is 16.9 Å². The van der Waals surface area contributed by atoms with Crippen LogP contribution in [0.15, 0.2) is 30.3 Å². The smallest absolute Gasteiger partial charge is 0.374 e. The highest BCUT2D eigenvalue weighted by Crippen LogP contribution is 2.11. The number of carbonyl (C=O) groups is 2. The third-order valence-corrected chi connectivity index (χ3v) is 3.55. The zero-order valence-electron chi connectivity index (χ0n) is 13.3. The molecule has 1 aromatic rings. The summed E-state index contributed by atoms with van der Waals surface area (Å²) in [7, 11) is 0. The summed E-state index contributed by atoms with van der Waals surface area (Å²) >= 11 is 0. The van der Waals surface area contributed by atoms with Crippen LogP contribution < -0.4 is 0 Å². The fourth-order valence-electron chi connectivity index (χ4n) is 2.28. The maximum atomic E-state index is 11.4. The molecular formula is C18H26O4. The largest absolute Gasteiger partial charge is 0.460 e. The van der Waals surface area contributed by atoms with Gasteiger partial charge in [0.05, 0.1) is 12.7 Å². The Labute approximate surface area is 132 Å². The molecule has 0 fully saturated rings. The Morgan fingerprint density at radius 3 is 2.50 bits per heavy atom. The van der Waals surface area contributed by atoms with Crippen molar-refractivity contribution in [1.82, 2.24) is 0 Å². The molecule has 122 valence electrons. The average Bonchev–Trinajstić information content (AvgIpc) is 2.53. The second-order valence-corrected chi connectivity index (χ2v) is 5.42. The number of carbonyl (C=O) groups excluding carboxylic acids is 2. The molecule has 0 radical (unpaired) electrons. The molecule has 1 atom stereocenters. The summed E-state index contributed by atoms with van der Waals surface area (Å²) in [5.74, 6) is -1.18. The van der Waals surface area contributed by atoms with Crippen molar-refractivity contribution in [2.75, 3.05) is 6.61 Å². The summed E-state index contributed by atoms with van der Waals surface area (Å²) in [5, 5.41) is 9.94.